The smallest absolute Gasteiger partial charge is 0.310 e. The standard InChI is InChI=1S/C12H16ClNO3/c1-16-11-4-3-10(13)6-8(11)5-9(7-14)12(15)17-2/h3-4,6,9H,5,7,14H2,1-2H3/t9-/m1/s1. The summed E-state index contributed by atoms with van der Waals surface area (Å²) in [5.74, 6) is -0.0151. The van der Waals surface area contributed by atoms with Crippen LogP contribution in [0.5, 0.6) is 5.75 Å². The molecule has 0 fully saturated rings. The van der Waals surface area contributed by atoms with Crippen molar-refractivity contribution in [1.82, 2.24) is 0 Å². The fraction of sp³-hybridized carbons (Fsp3) is 0.417. The summed E-state index contributed by atoms with van der Waals surface area (Å²) in [6.45, 7) is 0.225. The van der Waals surface area contributed by atoms with E-state index in [9.17, 15) is 4.79 Å². The Morgan fingerprint density at radius 3 is 2.71 bits per heavy atom. The zero-order chi connectivity index (χ0) is 12.8. The summed E-state index contributed by atoms with van der Waals surface area (Å²) in [5.41, 5.74) is 6.40. The summed E-state index contributed by atoms with van der Waals surface area (Å²) in [4.78, 5) is 11.5. The largest absolute Gasteiger partial charge is 0.496 e. The lowest BCUT2D eigenvalue weighted by Gasteiger charge is -2.14. The first-order valence-corrected chi connectivity index (χ1v) is 5.60. The number of carbonyl (C=O) groups is 1. The van der Waals surface area contributed by atoms with Gasteiger partial charge >= 0.3 is 5.97 Å². The minimum Gasteiger partial charge on any atom is -0.496 e. The Kier molecular flexibility index (Phi) is 5.25. The fourth-order valence-electron chi connectivity index (χ4n) is 1.60. The molecule has 1 aromatic carbocycles. The van der Waals surface area contributed by atoms with E-state index in [4.69, 9.17) is 22.1 Å². The van der Waals surface area contributed by atoms with Gasteiger partial charge in [-0.25, -0.2) is 0 Å². The number of methoxy groups -OCH3 is 2. The van der Waals surface area contributed by atoms with Gasteiger partial charge in [0, 0.05) is 11.6 Å². The van der Waals surface area contributed by atoms with Crippen molar-refractivity contribution >= 4 is 17.6 Å². The third kappa shape index (κ3) is 3.61. The molecular formula is C12H16ClNO3. The van der Waals surface area contributed by atoms with Crippen LogP contribution < -0.4 is 10.5 Å². The predicted octanol–water partition coefficient (Wildman–Crippen LogP) is 1.64. The Bertz CT molecular complexity index is 395. The van der Waals surface area contributed by atoms with Gasteiger partial charge in [-0.05, 0) is 30.2 Å². The zero-order valence-corrected chi connectivity index (χ0v) is 10.7. The molecule has 0 saturated carbocycles. The van der Waals surface area contributed by atoms with Crippen LogP contribution in [-0.2, 0) is 16.0 Å². The number of rotatable bonds is 5. The van der Waals surface area contributed by atoms with Crippen molar-refractivity contribution in [2.75, 3.05) is 20.8 Å². The van der Waals surface area contributed by atoms with Crippen LogP contribution in [0, 0.1) is 5.92 Å². The molecule has 2 N–H and O–H groups in total. The maximum atomic E-state index is 11.5. The second-order valence-corrected chi connectivity index (χ2v) is 4.05. The van der Waals surface area contributed by atoms with E-state index in [-0.39, 0.29) is 18.4 Å². The highest BCUT2D eigenvalue weighted by atomic mass is 35.5. The van der Waals surface area contributed by atoms with Gasteiger partial charge < -0.3 is 15.2 Å². The molecule has 0 heterocycles. The number of hydrogen-bond donors (Lipinski definition) is 1. The van der Waals surface area contributed by atoms with Crippen LogP contribution in [-0.4, -0.2) is 26.7 Å². The normalized spacial score (nSPS) is 12.0. The van der Waals surface area contributed by atoms with Gasteiger partial charge in [0.1, 0.15) is 5.75 Å². The van der Waals surface area contributed by atoms with E-state index in [1.807, 2.05) is 0 Å². The van der Waals surface area contributed by atoms with Crippen molar-refractivity contribution in [2.24, 2.45) is 11.7 Å². The molecule has 17 heavy (non-hydrogen) atoms. The SMILES string of the molecule is COC(=O)[C@@H](CN)Cc1cc(Cl)ccc1OC. The van der Waals surface area contributed by atoms with Gasteiger partial charge in [-0.15, -0.1) is 0 Å². The molecule has 1 rings (SSSR count). The topological polar surface area (TPSA) is 61.5 Å². The van der Waals surface area contributed by atoms with Crippen LogP contribution in [0.15, 0.2) is 18.2 Å². The molecule has 1 aromatic rings. The summed E-state index contributed by atoms with van der Waals surface area (Å²) in [6.07, 6.45) is 0.451. The van der Waals surface area contributed by atoms with Crippen molar-refractivity contribution < 1.29 is 14.3 Å². The molecule has 0 unspecified atom stereocenters. The summed E-state index contributed by atoms with van der Waals surface area (Å²) < 4.78 is 9.89. The van der Waals surface area contributed by atoms with Crippen LogP contribution in [0.25, 0.3) is 0 Å². The lowest BCUT2D eigenvalue weighted by molar-refractivity contribution is -0.145. The van der Waals surface area contributed by atoms with E-state index in [0.717, 1.165) is 5.56 Å². The summed E-state index contributed by atoms with van der Waals surface area (Å²) in [5, 5.41) is 0.599. The number of carbonyl (C=O) groups excluding carboxylic acids is 1. The van der Waals surface area contributed by atoms with Crippen molar-refractivity contribution in [3.8, 4) is 5.75 Å². The minimum atomic E-state index is -0.382. The van der Waals surface area contributed by atoms with Crippen LogP contribution >= 0.6 is 11.6 Å². The summed E-state index contributed by atoms with van der Waals surface area (Å²) in [6, 6.07) is 5.27. The van der Waals surface area contributed by atoms with Crippen molar-refractivity contribution in [3.05, 3.63) is 28.8 Å². The van der Waals surface area contributed by atoms with E-state index in [1.54, 1.807) is 25.3 Å². The number of nitrogens with two attached hydrogens (primary N) is 1. The van der Waals surface area contributed by atoms with Gasteiger partial charge in [-0.2, -0.15) is 0 Å². The zero-order valence-electron chi connectivity index (χ0n) is 9.90. The molecule has 0 aromatic heterocycles. The maximum absolute atomic E-state index is 11.5. The first kappa shape index (κ1) is 13.8. The molecule has 0 aliphatic rings. The molecule has 4 nitrogen and oxygen atoms in total. The number of benzene rings is 1. The van der Waals surface area contributed by atoms with Gasteiger partial charge in [0.2, 0.25) is 0 Å². The highest BCUT2D eigenvalue weighted by molar-refractivity contribution is 6.30. The first-order valence-electron chi connectivity index (χ1n) is 5.22. The van der Waals surface area contributed by atoms with Gasteiger partial charge in [-0.1, -0.05) is 11.6 Å². The molecule has 0 bridgehead atoms. The molecule has 1 atom stereocenters. The average Bonchev–Trinajstić information content (AvgIpc) is 2.35. The second-order valence-electron chi connectivity index (χ2n) is 3.62. The number of esters is 1. The third-order valence-corrected chi connectivity index (χ3v) is 2.76. The second kappa shape index (κ2) is 6.47. The Morgan fingerprint density at radius 1 is 1.47 bits per heavy atom. The number of halogens is 1. The highest BCUT2D eigenvalue weighted by Gasteiger charge is 2.19. The molecule has 94 valence electrons. The minimum absolute atomic E-state index is 0.225. The van der Waals surface area contributed by atoms with E-state index < -0.39 is 0 Å². The Labute approximate surface area is 106 Å². The molecule has 0 amide bonds. The van der Waals surface area contributed by atoms with E-state index in [1.165, 1.54) is 7.11 Å². The fourth-order valence-corrected chi connectivity index (χ4v) is 1.80. The lowest BCUT2D eigenvalue weighted by atomic mass is 9.99. The van der Waals surface area contributed by atoms with Crippen molar-refractivity contribution in [3.63, 3.8) is 0 Å². The molecular weight excluding hydrogens is 242 g/mol. The molecule has 0 radical (unpaired) electrons. The van der Waals surface area contributed by atoms with Crippen LogP contribution in [0.3, 0.4) is 0 Å². The quantitative estimate of drug-likeness (QED) is 0.815. The third-order valence-electron chi connectivity index (χ3n) is 2.53. The van der Waals surface area contributed by atoms with Gasteiger partial charge in [-0.3, -0.25) is 4.79 Å². The van der Waals surface area contributed by atoms with Crippen molar-refractivity contribution in [1.29, 1.82) is 0 Å². The van der Waals surface area contributed by atoms with Crippen LogP contribution in [0.1, 0.15) is 5.56 Å². The van der Waals surface area contributed by atoms with Crippen molar-refractivity contribution in [2.45, 2.75) is 6.42 Å². The highest BCUT2D eigenvalue weighted by Crippen LogP contribution is 2.25. The maximum Gasteiger partial charge on any atom is 0.310 e. The first-order chi connectivity index (χ1) is 8.12. The van der Waals surface area contributed by atoms with Gasteiger partial charge in [0.15, 0.2) is 0 Å². The van der Waals surface area contributed by atoms with Crippen LogP contribution in [0.2, 0.25) is 5.02 Å². The Balaban J connectivity index is 2.92. The summed E-state index contributed by atoms with van der Waals surface area (Å²) >= 11 is 5.91. The lowest BCUT2D eigenvalue weighted by Crippen LogP contribution is -2.27. The van der Waals surface area contributed by atoms with E-state index in [0.29, 0.717) is 17.2 Å². The molecule has 5 heteroatoms. The molecule has 0 aliphatic carbocycles. The predicted molar refractivity (Wildman–Crippen MR) is 66.3 cm³/mol. The molecule has 0 spiro atoms. The molecule has 0 saturated heterocycles. The van der Waals surface area contributed by atoms with Crippen LogP contribution in [0.4, 0.5) is 0 Å². The van der Waals surface area contributed by atoms with E-state index in [2.05, 4.69) is 4.74 Å². The summed E-state index contributed by atoms with van der Waals surface area (Å²) in [7, 11) is 2.92. The average molecular weight is 258 g/mol. The van der Waals surface area contributed by atoms with Gasteiger partial charge in [0.05, 0.1) is 20.1 Å². The van der Waals surface area contributed by atoms with Gasteiger partial charge in [0.25, 0.3) is 0 Å². The monoisotopic (exact) mass is 257 g/mol. The Hall–Kier alpha value is -1.26. The molecule has 0 aliphatic heterocycles. The Morgan fingerprint density at radius 2 is 2.18 bits per heavy atom. The number of hydrogen-bond acceptors (Lipinski definition) is 4. The van der Waals surface area contributed by atoms with E-state index >= 15 is 0 Å². The number of ether oxygens (including phenoxy) is 2.